The number of rotatable bonds is 8. The molecule has 0 aliphatic rings. The molecular formula is C27H28N4OS. The highest BCUT2D eigenvalue weighted by atomic mass is 32.2. The van der Waals surface area contributed by atoms with Gasteiger partial charge in [0.05, 0.1) is 0 Å². The maximum atomic E-state index is 12.4. The lowest BCUT2D eigenvalue weighted by atomic mass is 10.1. The smallest absolute Gasteiger partial charge is 0.224 e. The van der Waals surface area contributed by atoms with Gasteiger partial charge < -0.3 is 5.32 Å². The van der Waals surface area contributed by atoms with Crippen LogP contribution in [0, 0.1) is 20.8 Å². The quantitative estimate of drug-likeness (QED) is 0.247. The molecule has 0 aliphatic heterocycles. The van der Waals surface area contributed by atoms with Crippen molar-refractivity contribution in [3.05, 3.63) is 89.5 Å². The predicted molar refractivity (Wildman–Crippen MR) is 136 cm³/mol. The molecule has 0 saturated heterocycles. The van der Waals surface area contributed by atoms with Crippen LogP contribution in [0.5, 0.6) is 0 Å². The normalized spacial score (nSPS) is 10.9. The highest BCUT2D eigenvalue weighted by Gasteiger charge is 2.16. The first-order chi connectivity index (χ1) is 16.0. The summed E-state index contributed by atoms with van der Waals surface area (Å²) in [6.45, 7) is 6.19. The van der Waals surface area contributed by atoms with Crippen LogP contribution in [0.2, 0.25) is 0 Å². The van der Waals surface area contributed by atoms with E-state index in [0.29, 0.717) is 6.42 Å². The van der Waals surface area contributed by atoms with Gasteiger partial charge in [-0.25, -0.2) is 0 Å². The van der Waals surface area contributed by atoms with Crippen LogP contribution in [0.4, 0.5) is 5.69 Å². The average Bonchev–Trinajstić information content (AvgIpc) is 3.24. The minimum absolute atomic E-state index is 0.0312. The average molecular weight is 457 g/mol. The summed E-state index contributed by atoms with van der Waals surface area (Å²) in [5, 5.41) is 12.8. The molecule has 4 rings (SSSR count). The molecule has 5 nitrogen and oxygen atoms in total. The number of amides is 1. The zero-order chi connectivity index (χ0) is 23.2. The molecule has 0 atom stereocenters. The molecule has 0 aliphatic carbocycles. The van der Waals surface area contributed by atoms with E-state index in [1.54, 1.807) is 11.8 Å². The van der Waals surface area contributed by atoms with Crippen molar-refractivity contribution in [1.82, 2.24) is 14.8 Å². The Balaban J connectivity index is 1.42. The molecule has 1 heterocycles. The highest BCUT2D eigenvalue weighted by Crippen LogP contribution is 2.28. The summed E-state index contributed by atoms with van der Waals surface area (Å²) in [6, 6.07) is 24.4. The van der Waals surface area contributed by atoms with E-state index in [4.69, 9.17) is 0 Å². The van der Waals surface area contributed by atoms with Gasteiger partial charge in [0.2, 0.25) is 5.91 Å². The fourth-order valence-corrected chi connectivity index (χ4v) is 4.39. The number of para-hydroxylation sites is 1. The number of nitrogens with zero attached hydrogens (tertiary/aromatic N) is 3. The van der Waals surface area contributed by atoms with Crippen LogP contribution < -0.4 is 5.32 Å². The van der Waals surface area contributed by atoms with Crippen molar-refractivity contribution in [3.63, 3.8) is 0 Å². The molecule has 0 fully saturated rings. The molecule has 1 aromatic heterocycles. The number of thioether (sulfide) groups is 1. The predicted octanol–water partition coefficient (Wildman–Crippen LogP) is 6.37. The Morgan fingerprint density at radius 1 is 0.909 bits per heavy atom. The minimum atomic E-state index is 0.0312. The third-order valence-corrected chi connectivity index (χ3v) is 6.54. The van der Waals surface area contributed by atoms with Crippen molar-refractivity contribution in [2.45, 2.75) is 38.8 Å². The number of hydrogen-bond donors (Lipinski definition) is 1. The van der Waals surface area contributed by atoms with Crippen molar-refractivity contribution >= 4 is 23.4 Å². The number of anilines is 1. The van der Waals surface area contributed by atoms with Gasteiger partial charge in [-0.3, -0.25) is 9.36 Å². The highest BCUT2D eigenvalue weighted by molar-refractivity contribution is 7.99. The van der Waals surface area contributed by atoms with Gasteiger partial charge in [-0.2, -0.15) is 0 Å². The summed E-state index contributed by atoms with van der Waals surface area (Å²) in [7, 11) is 0. The van der Waals surface area contributed by atoms with E-state index in [0.717, 1.165) is 40.1 Å². The molecule has 0 spiro atoms. The van der Waals surface area contributed by atoms with Crippen LogP contribution >= 0.6 is 11.8 Å². The van der Waals surface area contributed by atoms with E-state index in [1.807, 2.05) is 36.4 Å². The van der Waals surface area contributed by atoms with Crippen molar-refractivity contribution in [3.8, 4) is 17.1 Å². The van der Waals surface area contributed by atoms with Crippen molar-refractivity contribution in [2.24, 2.45) is 0 Å². The topological polar surface area (TPSA) is 59.8 Å². The van der Waals surface area contributed by atoms with E-state index in [-0.39, 0.29) is 5.91 Å². The van der Waals surface area contributed by atoms with E-state index >= 15 is 0 Å². The molecule has 0 saturated carbocycles. The Kier molecular flexibility index (Phi) is 7.25. The Bertz CT molecular complexity index is 1230. The van der Waals surface area contributed by atoms with Crippen LogP contribution in [-0.4, -0.2) is 26.4 Å². The van der Waals surface area contributed by atoms with Gasteiger partial charge in [0.15, 0.2) is 11.0 Å². The van der Waals surface area contributed by atoms with Crippen LogP contribution in [0.15, 0.2) is 78.0 Å². The SMILES string of the molecule is Cc1ccc(-c2nnc(SCCCC(=O)Nc3ccc(C)c(C)c3)n2-c2ccccc2)cc1. The molecule has 1 N–H and O–H groups in total. The van der Waals surface area contributed by atoms with Crippen LogP contribution in [-0.2, 0) is 4.79 Å². The van der Waals surface area contributed by atoms with Crippen LogP contribution in [0.25, 0.3) is 17.1 Å². The minimum Gasteiger partial charge on any atom is -0.326 e. The van der Waals surface area contributed by atoms with E-state index < -0.39 is 0 Å². The number of nitrogens with one attached hydrogen (secondary N) is 1. The maximum absolute atomic E-state index is 12.4. The van der Waals surface area contributed by atoms with E-state index in [2.05, 4.69) is 77.3 Å². The summed E-state index contributed by atoms with van der Waals surface area (Å²) in [6.07, 6.45) is 1.22. The molecule has 6 heteroatoms. The number of carbonyl (C=O) groups is 1. The van der Waals surface area contributed by atoms with Gasteiger partial charge in [0.1, 0.15) is 0 Å². The second kappa shape index (κ2) is 10.5. The molecule has 0 unspecified atom stereocenters. The molecule has 0 bridgehead atoms. The van der Waals surface area contributed by atoms with Gasteiger partial charge in [-0.15, -0.1) is 10.2 Å². The lowest BCUT2D eigenvalue weighted by Gasteiger charge is -2.11. The number of benzene rings is 3. The molecule has 33 heavy (non-hydrogen) atoms. The van der Waals surface area contributed by atoms with Gasteiger partial charge in [0.25, 0.3) is 0 Å². The van der Waals surface area contributed by atoms with Gasteiger partial charge in [-0.1, -0.05) is 65.9 Å². The monoisotopic (exact) mass is 456 g/mol. The number of carbonyl (C=O) groups excluding carboxylic acids is 1. The molecule has 0 radical (unpaired) electrons. The lowest BCUT2D eigenvalue weighted by Crippen LogP contribution is -2.11. The summed E-state index contributed by atoms with van der Waals surface area (Å²) in [4.78, 5) is 12.4. The standard InChI is InChI=1S/C27H28N4OS/c1-19-11-14-22(15-12-19)26-29-30-27(31(26)24-8-5-4-6-9-24)33-17-7-10-25(32)28-23-16-13-20(2)21(3)18-23/h4-6,8-9,11-16,18H,7,10,17H2,1-3H3,(H,28,32). The van der Waals surface area contributed by atoms with Gasteiger partial charge >= 0.3 is 0 Å². The van der Waals surface area contributed by atoms with Crippen LogP contribution in [0.3, 0.4) is 0 Å². The number of aromatic nitrogens is 3. The largest absolute Gasteiger partial charge is 0.326 e. The lowest BCUT2D eigenvalue weighted by molar-refractivity contribution is -0.116. The van der Waals surface area contributed by atoms with Gasteiger partial charge in [-0.05, 0) is 62.6 Å². The van der Waals surface area contributed by atoms with E-state index in [9.17, 15) is 4.79 Å². The second-order valence-electron chi connectivity index (χ2n) is 8.14. The summed E-state index contributed by atoms with van der Waals surface area (Å²) < 4.78 is 2.09. The molecule has 3 aromatic carbocycles. The fourth-order valence-electron chi connectivity index (χ4n) is 3.50. The number of aryl methyl sites for hydroxylation is 3. The third-order valence-electron chi connectivity index (χ3n) is 5.53. The Morgan fingerprint density at radius 2 is 1.67 bits per heavy atom. The molecule has 4 aromatic rings. The second-order valence-corrected chi connectivity index (χ2v) is 9.20. The zero-order valence-electron chi connectivity index (χ0n) is 19.2. The van der Waals surface area contributed by atoms with Crippen molar-refractivity contribution < 1.29 is 4.79 Å². The Hall–Kier alpha value is -3.38. The van der Waals surface area contributed by atoms with Crippen molar-refractivity contribution in [2.75, 3.05) is 11.1 Å². The summed E-state index contributed by atoms with van der Waals surface area (Å²) in [5.74, 6) is 1.62. The third kappa shape index (κ3) is 5.71. The maximum Gasteiger partial charge on any atom is 0.224 e. The van der Waals surface area contributed by atoms with Gasteiger partial charge in [0, 0.05) is 29.1 Å². The van der Waals surface area contributed by atoms with E-state index in [1.165, 1.54) is 16.7 Å². The molecular weight excluding hydrogens is 428 g/mol. The zero-order valence-corrected chi connectivity index (χ0v) is 20.0. The molecule has 1 amide bonds. The first-order valence-electron chi connectivity index (χ1n) is 11.1. The first kappa shape index (κ1) is 22.8. The fraction of sp³-hybridized carbons (Fsp3) is 0.222. The van der Waals surface area contributed by atoms with Crippen molar-refractivity contribution in [1.29, 1.82) is 0 Å². The first-order valence-corrected chi connectivity index (χ1v) is 12.1. The summed E-state index contributed by atoms with van der Waals surface area (Å²) >= 11 is 1.62. The molecule has 168 valence electrons. The summed E-state index contributed by atoms with van der Waals surface area (Å²) in [5.41, 5.74) is 6.50. The Labute approximate surface area is 199 Å². The Morgan fingerprint density at radius 3 is 2.39 bits per heavy atom. The van der Waals surface area contributed by atoms with Crippen LogP contribution in [0.1, 0.15) is 29.5 Å². The number of hydrogen-bond acceptors (Lipinski definition) is 4.